The highest BCUT2D eigenvalue weighted by Gasteiger charge is 2.48. The molecular weight excluding hydrogens is 264 g/mol. The van der Waals surface area contributed by atoms with Crippen LogP contribution in [0.25, 0.3) is 0 Å². The Kier molecular flexibility index (Phi) is 4.29. The predicted molar refractivity (Wildman–Crippen MR) is 82.2 cm³/mol. The summed E-state index contributed by atoms with van der Waals surface area (Å²) >= 11 is 0. The maximum atomic E-state index is 6.09. The second kappa shape index (κ2) is 6.03. The van der Waals surface area contributed by atoms with E-state index in [-0.39, 0.29) is 5.60 Å². The molecule has 1 atom stereocenters. The minimum atomic E-state index is 0.0488. The van der Waals surface area contributed by atoms with Gasteiger partial charge in [0.2, 0.25) is 0 Å². The topological polar surface area (TPSA) is 34.6 Å². The van der Waals surface area contributed by atoms with Crippen LogP contribution in [-0.4, -0.2) is 47.3 Å². The van der Waals surface area contributed by atoms with E-state index in [4.69, 9.17) is 9.47 Å². The first kappa shape index (κ1) is 14.9. The number of hydrogen-bond acceptors (Lipinski definition) is 4. The van der Waals surface area contributed by atoms with E-state index in [1.165, 1.54) is 0 Å². The average Bonchev–Trinajstić information content (AvgIpc) is 2.43. The third-order valence-corrected chi connectivity index (χ3v) is 4.57. The molecule has 2 fully saturated rings. The summed E-state index contributed by atoms with van der Waals surface area (Å²) < 4.78 is 12.1. The molecule has 0 unspecified atom stereocenters. The number of aryl methyl sites for hydroxylation is 1. The third-order valence-electron chi connectivity index (χ3n) is 4.57. The first-order valence-corrected chi connectivity index (χ1v) is 7.98. The van der Waals surface area contributed by atoms with Gasteiger partial charge in [-0.15, -0.1) is 0 Å². The highest BCUT2D eigenvalue weighted by atomic mass is 16.5. The van der Waals surface area contributed by atoms with Crippen molar-refractivity contribution < 1.29 is 9.47 Å². The zero-order valence-corrected chi connectivity index (χ0v) is 13.3. The molecule has 3 rings (SSSR count). The molecule has 0 saturated carbocycles. The van der Waals surface area contributed by atoms with Crippen molar-refractivity contribution in [2.45, 2.75) is 58.0 Å². The zero-order chi connectivity index (χ0) is 14.9. The minimum Gasteiger partial charge on any atom is -0.372 e. The average molecular weight is 290 g/mol. The van der Waals surface area contributed by atoms with Gasteiger partial charge in [-0.05, 0) is 39.3 Å². The molecule has 0 aromatic carbocycles. The number of likely N-dealkylation sites (tertiary alicyclic amines) is 1. The molecule has 1 aromatic heterocycles. The lowest BCUT2D eigenvalue weighted by molar-refractivity contribution is -0.204. The van der Waals surface area contributed by atoms with E-state index >= 15 is 0 Å². The van der Waals surface area contributed by atoms with Gasteiger partial charge in [-0.3, -0.25) is 9.88 Å². The van der Waals surface area contributed by atoms with Gasteiger partial charge >= 0.3 is 0 Å². The van der Waals surface area contributed by atoms with E-state index < -0.39 is 0 Å². The normalized spacial score (nSPS) is 25.2. The number of hydrogen-bond donors (Lipinski definition) is 0. The van der Waals surface area contributed by atoms with E-state index in [0.717, 1.165) is 43.9 Å². The van der Waals surface area contributed by atoms with Gasteiger partial charge < -0.3 is 9.47 Å². The highest BCUT2D eigenvalue weighted by molar-refractivity contribution is 5.09. The quantitative estimate of drug-likeness (QED) is 0.853. The SMILES string of the molecule is Cc1cccc(CO[C@H]2CCOC3(C2)CN(C(C)C)C3)n1. The number of rotatable bonds is 4. The molecular formula is C17H26N2O2. The fourth-order valence-electron chi connectivity index (χ4n) is 3.29. The van der Waals surface area contributed by atoms with Crippen LogP contribution < -0.4 is 0 Å². The Morgan fingerprint density at radius 2 is 2.24 bits per heavy atom. The zero-order valence-electron chi connectivity index (χ0n) is 13.3. The third kappa shape index (κ3) is 3.44. The molecule has 1 aromatic rings. The Morgan fingerprint density at radius 3 is 2.95 bits per heavy atom. The largest absolute Gasteiger partial charge is 0.372 e. The predicted octanol–water partition coefficient (Wildman–Crippen LogP) is 2.55. The van der Waals surface area contributed by atoms with E-state index in [9.17, 15) is 0 Å². The molecule has 1 spiro atoms. The van der Waals surface area contributed by atoms with Gasteiger partial charge in [0.1, 0.15) is 0 Å². The monoisotopic (exact) mass is 290 g/mol. The van der Waals surface area contributed by atoms with Gasteiger partial charge in [0.15, 0.2) is 0 Å². The van der Waals surface area contributed by atoms with Crippen molar-refractivity contribution in [2.75, 3.05) is 19.7 Å². The fourth-order valence-corrected chi connectivity index (χ4v) is 3.29. The summed E-state index contributed by atoms with van der Waals surface area (Å²) in [5.74, 6) is 0. The molecule has 116 valence electrons. The molecule has 0 aliphatic carbocycles. The second-order valence-electron chi connectivity index (χ2n) is 6.73. The van der Waals surface area contributed by atoms with E-state index in [1.807, 2.05) is 25.1 Å². The van der Waals surface area contributed by atoms with Gasteiger partial charge in [-0.2, -0.15) is 0 Å². The van der Waals surface area contributed by atoms with E-state index in [1.54, 1.807) is 0 Å². The summed E-state index contributed by atoms with van der Waals surface area (Å²) in [4.78, 5) is 6.96. The Hall–Kier alpha value is -0.970. The number of nitrogens with zero attached hydrogens (tertiary/aromatic N) is 2. The molecule has 0 radical (unpaired) electrons. The lowest BCUT2D eigenvalue weighted by Crippen LogP contribution is -2.67. The smallest absolute Gasteiger partial charge is 0.0959 e. The first-order chi connectivity index (χ1) is 10.1. The number of ether oxygens (including phenoxy) is 2. The lowest BCUT2D eigenvalue weighted by atomic mass is 9.84. The molecule has 2 saturated heterocycles. The highest BCUT2D eigenvalue weighted by Crippen LogP contribution is 2.36. The lowest BCUT2D eigenvalue weighted by Gasteiger charge is -2.54. The molecule has 4 nitrogen and oxygen atoms in total. The molecule has 2 aliphatic rings. The van der Waals surface area contributed by atoms with Crippen molar-refractivity contribution in [3.63, 3.8) is 0 Å². The Bertz CT molecular complexity index is 483. The van der Waals surface area contributed by atoms with Crippen LogP contribution in [0.4, 0.5) is 0 Å². The summed E-state index contributed by atoms with van der Waals surface area (Å²) in [6.45, 7) is 10.0. The molecule has 0 amide bonds. The van der Waals surface area contributed by atoms with Gasteiger partial charge in [0, 0.05) is 37.9 Å². The standard InChI is InChI=1S/C17H26N2O2/c1-13(2)19-11-17(12-19)9-16(7-8-21-17)20-10-15-6-4-5-14(3)18-15/h4-6,13,16H,7-12H2,1-3H3/t16-/m0/s1. The summed E-state index contributed by atoms with van der Waals surface area (Å²) in [6.07, 6.45) is 2.31. The Labute approximate surface area is 127 Å². The molecule has 0 N–H and O–H groups in total. The molecule has 2 aliphatic heterocycles. The molecule has 0 bridgehead atoms. The summed E-state index contributed by atoms with van der Waals surface area (Å²) in [5.41, 5.74) is 2.12. The van der Waals surface area contributed by atoms with Crippen molar-refractivity contribution in [1.29, 1.82) is 0 Å². The van der Waals surface area contributed by atoms with Crippen LogP contribution in [-0.2, 0) is 16.1 Å². The van der Waals surface area contributed by atoms with Crippen LogP contribution in [0.3, 0.4) is 0 Å². The Balaban J connectivity index is 1.51. The van der Waals surface area contributed by atoms with Gasteiger partial charge in [0.25, 0.3) is 0 Å². The van der Waals surface area contributed by atoms with E-state index in [0.29, 0.717) is 18.8 Å². The van der Waals surface area contributed by atoms with Crippen molar-refractivity contribution in [3.05, 3.63) is 29.6 Å². The maximum Gasteiger partial charge on any atom is 0.0959 e. The maximum absolute atomic E-state index is 6.09. The molecule has 21 heavy (non-hydrogen) atoms. The second-order valence-corrected chi connectivity index (χ2v) is 6.73. The first-order valence-electron chi connectivity index (χ1n) is 7.98. The summed E-state index contributed by atoms with van der Waals surface area (Å²) in [5, 5.41) is 0. The van der Waals surface area contributed by atoms with Crippen LogP contribution in [0.2, 0.25) is 0 Å². The van der Waals surface area contributed by atoms with Crippen LogP contribution in [0.5, 0.6) is 0 Å². The van der Waals surface area contributed by atoms with Crippen LogP contribution >= 0.6 is 0 Å². The van der Waals surface area contributed by atoms with Crippen molar-refractivity contribution in [2.24, 2.45) is 0 Å². The number of aromatic nitrogens is 1. The molecule has 4 heteroatoms. The molecule has 3 heterocycles. The number of pyridine rings is 1. The van der Waals surface area contributed by atoms with Crippen molar-refractivity contribution in [3.8, 4) is 0 Å². The van der Waals surface area contributed by atoms with Crippen molar-refractivity contribution >= 4 is 0 Å². The fraction of sp³-hybridized carbons (Fsp3) is 0.706. The van der Waals surface area contributed by atoms with Crippen LogP contribution in [0.15, 0.2) is 18.2 Å². The van der Waals surface area contributed by atoms with Gasteiger partial charge in [-0.25, -0.2) is 0 Å². The van der Waals surface area contributed by atoms with Gasteiger partial charge in [0.05, 0.1) is 24.0 Å². The van der Waals surface area contributed by atoms with Crippen molar-refractivity contribution in [1.82, 2.24) is 9.88 Å². The van der Waals surface area contributed by atoms with E-state index in [2.05, 4.69) is 23.7 Å². The minimum absolute atomic E-state index is 0.0488. The Morgan fingerprint density at radius 1 is 1.43 bits per heavy atom. The van der Waals surface area contributed by atoms with Crippen LogP contribution in [0.1, 0.15) is 38.1 Å². The summed E-state index contributed by atoms with van der Waals surface area (Å²) in [7, 11) is 0. The van der Waals surface area contributed by atoms with Crippen LogP contribution in [0, 0.1) is 6.92 Å². The summed E-state index contributed by atoms with van der Waals surface area (Å²) in [6, 6.07) is 6.70. The van der Waals surface area contributed by atoms with Gasteiger partial charge in [-0.1, -0.05) is 6.07 Å².